The van der Waals surface area contributed by atoms with Gasteiger partial charge in [0.2, 0.25) is 11.8 Å². The second-order valence-corrected chi connectivity index (χ2v) is 5.57. The summed E-state index contributed by atoms with van der Waals surface area (Å²) in [6, 6.07) is 14.6. The number of nitrogens with one attached hydrogen (secondary N) is 2. The number of anilines is 2. The van der Waals surface area contributed by atoms with Gasteiger partial charge in [-0.25, -0.2) is 0 Å². The molecule has 0 aromatic heterocycles. The predicted molar refractivity (Wildman–Crippen MR) is 98.7 cm³/mol. The van der Waals surface area contributed by atoms with Crippen molar-refractivity contribution in [2.45, 2.75) is 19.3 Å². The molecule has 132 valence electrons. The first-order valence-corrected chi connectivity index (χ1v) is 8.14. The fourth-order valence-electron chi connectivity index (χ4n) is 2.33. The first-order valence-electron chi connectivity index (χ1n) is 8.14. The van der Waals surface area contributed by atoms with E-state index in [0.29, 0.717) is 36.5 Å². The monoisotopic (exact) mass is 341 g/mol. The Morgan fingerprint density at radius 3 is 2.48 bits per heavy atom. The lowest BCUT2D eigenvalue weighted by Gasteiger charge is -2.13. The van der Waals surface area contributed by atoms with Crippen LogP contribution in [0, 0.1) is 0 Å². The molecule has 0 bridgehead atoms. The topological polar surface area (TPSA) is 93.4 Å². The van der Waals surface area contributed by atoms with Crippen molar-refractivity contribution in [3.8, 4) is 5.75 Å². The van der Waals surface area contributed by atoms with Crippen LogP contribution >= 0.6 is 0 Å². The van der Waals surface area contributed by atoms with Crippen LogP contribution in [0.5, 0.6) is 5.75 Å². The van der Waals surface area contributed by atoms with Gasteiger partial charge in [-0.15, -0.1) is 0 Å². The van der Waals surface area contributed by atoms with Crippen LogP contribution in [0.4, 0.5) is 11.4 Å². The molecule has 4 N–H and O–H groups in total. The maximum absolute atomic E-state index is 12.2. The minimum Gasteiger partial charge on any atom is -0.494 e. The smallest absolute Gasteiger partial charge is 0.228 e. The number of amides is 2. The number of carbonyl (C=O) groups is 2. The van der Waals surface area contributed by atoms with Crippen molar-refractivity contribution >= 4 is 23.2 Å². The highest BCUT2D eigenvalue weighted by Gasteiger charge is 2.10. The van der Waals surface area contributed by atoms with Gasteiger partial charge in [-0.05, 0) is 30.7 Å². The highest BCUT2D eigenvalue weighted by Crippen LogP contribution is 2.28. The minimum absolute atomic E-state index is 0.103. The maximum Gasteiger partial charge on any atom is 0.228 e. The molecule has 6 nitrogen and oxygen atoms in total. The van der Waals surface area contributed by atoms with E-state index in [0.717, 1.165) is 5.56 Å². The Hall–Kier alpha value is -2.86. The average Bonchev–Trinajstić information content (AvgIpc) is 2.62. The van der Waals surface area contributed by atoms with Gasteiger partial charge in [0.25, 0.3) is 0 Å². The van der Waals surface area contributed by atoms with E-state index in [-0.39, 0.29) is 18.2 Å². The van der Waals surface area contributed by atoms with E-state index in [1.165, 1.54) is 7.11 Å². The van der Waals surface area contributed by atoms with Crippen LogP contribution in [-0.2, 0) is 16.0 Å². The van der Waals surface area contributed by atoms with Crippen LogP contribution in [0.2, 0.25) is 0 Å². The van der Waals surface area contributed by atoms with Crippen molar-refractivity contribution in [3.05, 3.63) is 54.1 Å². The van der Waals surface area contributed by atoms with Crippen molar-refractivity contribution in [2.24, 2.45) is 5.73 Å². The van der Waals surface area contributed by atoms with Gasteiger partial charge in [-0.2, -0.15) is 0 Å². The summed E-state index contributed by atoms with van der Waals surface area (Å²) in [6.07, 6.45) is 1.28. The summed E-state index contributed by atoms with van der Waals surface area (Å²) in [7, 11) is 1.52. The Morgan fingerprint density at radius 2 is 1.80 bits per heavy atom. The molecule has 0 heterocycles. The summed E-state index contributed by atoms with van der Waals surface area (Å²) in [5.41, 5.74) is 7.50. The zero-order chi connectivity index (χ0) is 18.1. The van der Waals surface area contributed by atoms with E-state index in [9.17, 15) is 9.59 Å². The molecule has 0 atom stereocenters. The fourth-order valence-corrected chi connectivity index (χ4v) is 2.33. The van der Waals surface area contributed by atoms with Crippen molar-refractivity contribution in [1.82, 2.24) is 0 Å². The minimum atomic E-state index is -0.135. The van der Waals surface area contributed by atoms with Gasteiger partial charge >= 0.3 is 0 Å². The van der Waals surface area contributed by atoms with E-state index in [1.54, 1.807) is 18.2 Å². The highest BCUT2D eigenvalue weighted by molar-refractivity contribution is 5.95. The van der Waals surface area contributed by atoms with Crippen molar-refractivity contribution in [2.75, 3.05) is 24.3 Å². The van der Waals surface area contributed by atoms with E-state index in [4.69, 9.17) is 10.5 Å². The average molecular weight is 341 g/mol. The first kappa shape index (κ1) is 18.5. The summed E-state index contributed by atoms with van der Waals surface area (Å²) >= 11 is 0. The number of rotatable bonds is 8. The van der Waals surface area contributed by atoms with Gasteiger partial charge in [-0.3, -0.25) is 9.59 Å². The Balaban J connectivity index is 2.01. The molecule has 0 saturated carbocycles. The van der Waals surface area contributed by atoms with Crippen molar-refractivity contribution < 1.29 is 14.3 Å². The van der Waals surface area contributed by atoms with Crippen LogP contribution in [0.15, 0.2) is 48.5 Å². The molecule has 0 fully saturated rings. The summed E-state index contributed by atoms with van der Waals surface area (Å²) < 4.78 is 5.31. The molecule has 0 aliphatic heterocycles. The second-order valence-electron chi connectivity index (χ2n) is 5.57. The molecule has 6 heteroatoms. The van der Waals surface area contributed by atoms with Crippen LogP contribution < -0.4 is 21.1 Å². The quantitative estimate of drug-likeness (QED) is 0.688. The van der Waals surface area contributed by atoms with E-state index < -0.39 is 0 Å². The van der Waals surface area contributed by atoms with E-state index >= 15 is 0 Å². The molecule has 2 amide bonds. The fraction of sp³-hybridized carbons (Fsp3) is 0.263. The van der Waals surface area contributed by atoms with Gasteiger partial charge in [0.05, 0.1) is 19.2 Å². The second kappa shape index (κ2) is 9.44. The Bertz CT molecular complexity index is 717. The molecule has 2 aromatic rings. The zero-order valence-corrected chi connectivity index (χ0v) is 14.2. The Morgan fingerprint density at radius 1 is 1.04 bits per heavy atom. The van der Waals surface area contributed by atoms with Crippen molar-refractivity contribution in [1.29, 1.82) is 0 Å². The molecule has 2 rings (SSSR count). The molecule has 0 aliphatic rings. The predicted octanol–water partition coefficient (Wildman–Crippen LogP) is 2.55. The lowest BCUT2D eigenvalue weighted by Crippen LogP contribution is -2.16. The molecule has 0 radical (unpaired) electrons. The largest absolute Gasteiger partial charge is 0.494 e. The Kier molecular flexibility index (Phi) is 6.98. The number of nitrogens with two attached hydrogens (primary N) is 1. The normalized spacial score (nSPS) is 10.2. The summed E-state index contributed by atoms with van der Waals surface area (Å²) in [5.74, 6) is 0.246. The van der Waals surface area contributed by atoms with Crippen LogP contribution in [-0.4, -0.2) is 25.5 Å². The molecule has 25 heavy (non-hydrogen) atoms. The molecule has 0 aliphatic carbocycles. The van der Waals surface area contributed by atoms with Crippen LogP contribution in [0.1, 0.15) is 18.4 Å². The lowest BCUT2D eigenvalue weighted by molar-refractivity contribution is -0.116. The molecule has 0 unspecified atom stereocenters. The van der Waals surface area contributed by atoms with Crippen molar-refractivity contribution in [3.63, 3.8) is 0 Å². The van der Waals surface area contributed by atoms with E-state index in [2.05, 4.69) is 10.6 Å². The third-order valence-electron chi connectivity index (χ3n) is 3.57. The lowest BCUT2D eigenvalue weighted by atomic mass is 10.1. The number of carbonyl (C=O) groups excluding carboxylic acids is 2. The molecule has 2 aromatic carbocycles. The zero-order valence-electron chi connectivity index (χ0n) is 14.2. The number of methoxy groups -OCH3 is 1. The maximum atomic E-state index is 12.2. The molecular weight excluding hydrogens is 318 g/mol. The summed E-state index contributed by atoms with van der Waals surface area (Å²) in [4.78, 5) is 23.9. The summed E-state index contributed by atoms with van der Waals surface area (Å²) in [5, 5.41) is 5.62. The number of hydrogen-bond donors (Lipinski definition) is 3. The van der Waals surface area contributed by atoms with Crippen LogP contribution in [0.25, 0.3) is 0 Å². The standard InChI is InChI=1S/C19H23N3O3/c1-25-17-13-15(21-18(23)8-5-11-20)9-10-16(17)22-19(24)12-14-6-3-2-4-7-14/h2-4,6-7,9-10,13H,5,8,11-12,20H2,1H3,(H,21,23)(H,22,24). The van der Waals surface area contributed by atoms with Crippen LogP contribution in [0.3, 0.4) is 0 Å². The number of hydrogen-bond acceptors (Lipinski definition) is 4. The SMILES string of the molecule is COc1cc(NC(=O)CCCN)ccc1NC(=O)Cc1ccccc1. The first-order chi connectivity index (χ1) is 12.1. The summed E-state index contributed by atoms with van der Waals surface area (Å²) in [6.45, 7) is 0.475. The van der Waals surface area contributed by atoms with Gasteiger partial charge in [-0.1, -0.05) is 30.3 Å². The third-order valence-corrected chi connectivity index (χ3v) is 3.57. The molecule has 0 saturated heterocycles. The molecule has 0 spiro atoms. The van der Waals surface area contributed by atoms with Gasteiger partial charge in [0.15, 0.2) is 0 Å². The highest BCUT2D eigenvalue weighted by atomic mass is 16.5. The third kappa shape index (κ3) is 5.93. The number of benzene rings is 2. The number of ether oxygens (including phenoxy) is 1. The van der Waals surface area contributed by atoms with E-state index in [1.807, 2.05) is 30.3 Å². The van der Waals surface area contributed by atoms with Gasteiger partial charge < -0.3 is 21.1 Å². The Labute approximate surface area is 147 Å². The van der Waals surface area contributed by atoms with Gasteiger partial charge in [0, 0.05) is 18.2 Å². The van der Waals surface area contributed by atoms with Gasteiger partial charge in [0.1, 0.15) is 5.75 Å². The molecular formula is C19H23N3O3.